The lowest BCUT2D eigenvalue weighted by Crippen LogP contribution is -2.45. The maximum Gasteiger partial charge on any atom is 0.133 e. The zero-order valence-corrected chi connectivity index (χ0v) is 14.9. The second-order valence-electron chi connectivity index (χ2n) is 5.58. The van der Waals surface area contributed by atoms with Crippen LogP contribution < -0.4 is 5.32 Å². The second-order valence-corrected chi connectivity index (χ2v) is 5.58. The lowest BCUT2D eigenvalue weighted by atomic mass is 9.97. The Balaban J connectivity index is 0.00000242. The fraction of sp³-hybridized carbons (Fsp3) is 0.625. The summed E-state index contributed by atoms with van der Waals surface area (Å²) in [6, 6.07) is 1.26. The van der Waals surface area contributed by atoms with Crippen molar-refractivity contribution >= 4 is 24.8 Å². The van der Waals surface area contributed by atoms with Gasteiger partial charge < -0.3 is 5.32 Å². The molecule has 1 fully saturated rings. The van der Waals surface area contributed by atoms with Crippen LogP contribution in [0.15, 0.2) is 12.1 Å². The molecule has 1 saturated heterocycles. The molecule has 1 heterocycles. The quantitative estimate of drug-likeness (QED) is 0.740. The van der Waals surface area contributed by atoms with Crippen molar-refractivity contribution in [3.8, 4) is 0 Å². The van der Waals surface area contributed by atoms with Gasteiger partial charge in [0, 0.05) is 49.9 Å². The molecular formula is C16H25Cl2F3N2. The largest absolute Gasteiger partial charge is 0.314 e. The molecule has 0 aliphatic carbocycles. The molecule has 7 heteroatoms. The standard InChI is InChI=1S/C16H23F3N2.2ClH/c1-2-3-4-5-15(21-8-6-20-7-9-21)16-13(18)10-12(17)11-14(16)19;;/h10-11,15,20H,2-9H2,1H3;2*1H/t15-;;/m1../s1. The first-order valence-corrected chi connectivity index (χ1v) is 7.72. The monoisotopic (exact) mass is 372 g/mol. The van der Waals surface area contributed by atoms with Gasteiger partial charge >= 0.3 is 0 Å². The lowest BCUT2D eigenvalue weighted by molar-refractivity contribution is 0.156. The molecule has 0 unspecified atom stereocenters. The van der Waals surface area contributed by atoms with Crippen LogP contribution in [0.2, 0.25) is 0 Å². The minimum absolute atomic E-state index is 0. The molecule has 0 saturated carbocycles. The first-order chi connectivity index (χ1) is 10.1. The molecule has 23 heavy (non-hydrogen) atoms. The van der Waals surface area contributed by atoms with E-state index in [2.05, 4.69) is 17.1 Å². The summed E-state index contributed by atoms with van der Waals surface area (Å²) in [5.41, 5.74) is 0.0226. The molecule has 0 radical (unpaired) electrons. The van der Waals surface area contributed by atoms with Crippen molar-refractivity contribution in [1.82, 2.24) is 10.2 Å². The third-order valence-electron chi connectivity index (χ3n) is 4.05. The zero-order chi connectivity index (χ0) is 15.2. The fourth-order valence-corrected chi connectivity index (χ4v) is 2.96. The number of unbranched alkanes of at least 4 members (excludes halogenated alkanes) is 2. The summed E-state index contributed by atoms with van der Waals surface area (Å²) in [7, 11) is 0. The zero-order valence-electron chi connectivity index (χ0n) is 13.3. The van der Waals surface area contributed by atoms with Gasteiger partial charge in [-0.15, -0.1) is 24.8 Å². The van der Waals surface area contributed by atoms with Gasteiger partial charge in [0.25, 0.3) is 0 Å². The maximum absolute atomic E-state index is 14.1. The van der Waals surface area contributed by atoms with Crippen molar-refractivity contribution in [2.24, 2.45) is 0 Å². The molecular weight excluding hydrogens is 348 g/mol. The van der Waals surface area contributed by atoms with Crippen LogP contribution in [0, 0.1) is 17.5 Å². The Morgan fingerprint density at radius 1 is 1.04 bits per heavy atom. The highest BCUT2D eigenvalue weighted by Crippen LogP contribution is 2.31. The number of rotatable bonds is 6. The number of piperazine rings is 1. The molecule has 1 atom stereocenters. The van der Waals surface area contributed by atoms with Gasteiger partial charge in [-0.3, -0.25) is 4.90 Å². The van der Waals surface area contributed by atoms with Gasteiger partial charge in [-0.1, -0.05) is 26.2 Å². The molecule has 2 nitrogen and oxygen atoms in total. The maximum atomic E-state index is 14.1. The van der Waals surface area contributed by atoms with Crippen LogP contribution in [-0.4, -0.2) is 31.1 Å². The number of nitrogens with one attached hydrogen (secondary N) is 1. The van der Waals surface area contributed by atoms with Crippen LogP contribution in [0.25, 0.3) is 0 Å². The lowest BCUT2D eigenvalue weighted by Gasteiger charge is -2.35. The van der Waals surface area contributed by atoms with E-state index in [0.29, 0.717) is 6.42 Å². The highest BCUT2D eigenvalue weighted by Gasteiger charge is 2.27. The fourth-order valence-electron chi connectivity index (χ4n) is 2.96. The van der Waals surface area contributed by atoms with Gasteiger partial charge in [-0.25, -0.2) is 13.2 Å². The van der Waals surface area contributed by atoms with E-state index in [4.69, 9.17) is 0 Å². The van der Waals surface area contributed by atoms with Crippen LogP contribution in [0.4, 0.5) is 13.2 Å². The Morgan fingerprint density at radius 2 is 1.61 bits per heavy atom. The predicted octanol–water partition coefficient (Wildman–Crippen LogP) is 4.47. The number of halogens is 5. The molecule has 0 aromatic heterocycles. The Labute approximate surface area is 148 Å². The van der Waals surface area contributed by atoms with Crippen LogP contribution in [0.3, 0.4) is 0 Å². The number of benzene rings is 1. The first kappa shape index (κ1) is 22.5. The van der Waals surface area contributed by atoms with E-state index in [1.54, 1.807) is 0 Å². The van der Waals surface area contributed by atoms with E-state index < -0.39 is 17.5 Å². The van der Waals surface area contributed by atoms with Crippen molar-refractivity contribution in [3.05, 3.63) is 35.1 Å². The van der Waals surface area contributed by atoms with Gasteiger partial charge in [0.1, 0.15) is 17.5 Å². The van der Waals surface area contributed by atoms with Crippen LogP contribution >= 0.6 is 24.8 Å². The van der Waals surface area contributed by atoms with Gasteiger partial charge in [0.2, 0.25) is 0 Å². The average molecular weight is 373 g/mol. The number of hydrogen-bond acceptors (Lipinski definition) is 2. The molecule has 1 N–H and O–H groups in total. The molecule has 0 amide bonds. The molecule has 1 aromatic rings. The van der Waals surface area contributed by atoms with Crippen molar-refractivity contribution in [1.29, 1.82) is 0 Å². The normalized spacial score (nSPS) is 16.3. The second kappa shape index (κ2) is 11.1. The summed E-state index contributed by atoms with van der Waals surface area (Å²) in [6.07, 6.45) is 3.71. The molecule has 1 aromatic carbocycles. The van der Waals surface area contributed by atoms with E-state index in [-0.39, 0.29) is 36.4 Å². The summed E-state index contributed by atoms with van der Waals surface area (Å²) in [5, 5.41) is 3.24. The predicted molar refractivity (Wildman–Crippen MR) is 92.1 cm³/mol. The SMILES string of the molecule is CCCCC[C@H](c1c(F)cc(F)cc1F)N1CCNCC1.Cl.Cl. The summed E-state index contributed by atoms with van der Waals surface area (Å²) in [4.78, 5) is 2.10. The third-order valence-corrected chi connectivity index (χ3v) is 4.05. The highest BCUT2D eigenvalue weighted by atomic mass is 35.5. The number of hydrogen-bond donors (Lipinski definition) is 1. The minimum atomic E-state index is -0.860. The molecule has 2 rings (SSSR count). The summed E-state index contributed by atoms with van der Waals surface area (Å²) < 4.78 is 41.3. The van der Waals surface area contributed by atoms with E-state index in [1.165, 1.54) is 0 Å². The molecule has 0 spiro atoms. The minimum Gasteiger partial charge on any atom is -0.314 e. The van der Waals surface area contributed by atoms with E-state index in [0.717, 1.165) is 57.6 Å². The molecule has 134 valence electrons. The molecule has 0 bridgehead atoms. The summed E-state index contributed by atoms with van der Waals surface area (Å²) in [6.45, 7) is 5.24. The van der Waals surface area contributed by atoms with Gasteiger partial charge in [0.15, 0.2) is 0 Å². The van der Waals surface area contributed by atoms with Crippen molar-refractivity contribution in [2.45, 2.75) is 38.6 Å². The average Bonchev–Trinajstić information content (AvgIpc) is 2.45. The highest BCUT2D eigenvalue weighted by molar-refractivity contribution is 5.85. The molecule has 1 aliphatic heterocycles. The van der Waals surface area contributed by atoms with Crippen LogP contribution in [0.5, 0.6) is 0 Å². The van der Waals surface area contributed by atoms with Crippen molar-refractivity contribution in [3.63, 3.8) is 0 Å². The Morgan fingerprint density at radius 3 is 2.13 bits per heavy atom. The smallest absolute Gasteiger partial charge is 0.133 e. The molecule has 1 aliphatic rings. The van der Waals surface area contributed by atoms with Crippen LogP contribution in [-0.2, 0) is 0 Å². The van der Waals surface area contributed by atoms with Gasteiger partial charge in [0.05, 0.1) is 0 Å². The van der Waals surface area contributed by atoms with Crippen molar-refractivity contribution < 1.29 is 13.2 Å². The Kier molecular flexibility index (Phi) is 10.9. The van der Waals surface area contributed by atoms with E-state index in [9.17, 15) is 13.2 Å². The van der Waals surface area contributed by atoms with Crippen LogP contribution in [0.1, 0.15) is 44.2 Å². The third kappa shape index (κ3) is 6.14. The van der Waals surface area contributed by atoms with E-state index in [1.807, 2.05) is 0 Å². The van der Waals surface area contributed by atoms with Crippen molar-refractivity contribution in [2.75, 3.05) is 26.2 Å². The Hall–Kier alpha value is -0.490. The number of nitrogens with zero attached hydrogens (tertiary/aromatic N) is 1. The van der Waals surface area contributed by atoms with E-state index >= 15 is 0 Å². The Bertz CT molecular complexity index is 446. The van der Waals surface area contributed by atoms with Gasteiger partial charge in [-0.2, -0.15) is 0 Å². The summed E-state index contributed by atoms with van der Waals surface area (Å²) >= 11 is 0. The topological polar surface area (TPSA) is 15.3 Å². The van der Waals surface area contributed by atoms with Gasteiger partial charge in [-0.05, 0) is 6.42 Å². The summed E-state index contributed by atoms with van der Waals surface area (Å²) in [5.74, 6) is -2.40. The first-order valence-electron chi connectivity index (χ1n) is 7.72.